The summed E-state index contributed by atoms with van der Waals surface area (Å²) in [6, 6.07) is 18.4. The van der Waals surface area contributed by atoms with Gasteiger partial charge in [0, 0.05) is 66.5 Å². The summed E-state index contributed by atoms with van der Waals surface area (Å²) in [5, 5.41) is 1.03. The summed E-state index contributed by atoms with van der Waals surface area (Å²) in [5.74, 6) is 0.137. The van der Waals surface area contributed by atoms with Crippen LogP contribution in [-0.4, -0.2) is 62.3 Å². The average Bonchev–Trinajstić information content (AvgIpc) is 3.32. The van der Waals surface area contributed by atoms with E-state index in [1.54, 1.807) is 0 Å². The van der Waals surface area contributed by atoms with Gasteiger partial charge < -0.3 is 14.8 Å². The van der Waals surface area contributed by atoms with Crippen molar-refractivity contribution in [2.75, 3.05) is 48.6 Å². The number of sulfonamides is 1. The van der Waals surface area contributed by atoms with Gasteiger partial charge in [-0.05, 0) is 54.9 Å². The van der Waals surface area contributed by atoms with E-state index < -0.39 is 10.0 Å². The van der Waals surface area contributed by atoms with Crippen LogP contribution >= 0.6 is 0 Å². The van der Waals surface area contributed by atoms with Crippen LogP contribution in [0.4, 0.5) is 11.4 Å². The molecule has 0 saturated carbocycles. The number of nitrogens with zero attached hydrogens (tertiary/aromatic N) is 3. The third kappa shape index (κ3) is 5.39. The summed E-state index contributed by atoms with van der Waals surface area (Å²) >= 11 is 0. The Morgan fingerprint density at radius 3 is 2.33 bits per heavy atom. The minimum absolute atomic E-state index is 0.137. The van der Waals surface area contributed by atoms with Gasteiger partial charge in [0.25, 0.3) is 0 Å². The van der Waals surface area contributed by atoms with Crippen molar-refractivity contribution in [1.82, 2.24) is 14.9 Å². The van der Waals surface area contributed by atoms with Crippen molar-refractivity contribution < 1.29 is 8.42 Å². The van der Waals surface area contributed by atoms with Crippen LogP contribution in [0.25, 0.3) is 33.3 Å². The zero-order valence-corrected chi connectivity index (χ0v) is 21.7. The molecule has 2 N–H and O–H groups in total. The Bertz CT molecular complexity index is 1420. The van der Waals surface area contributed by atoms with Crippen molar-refractivity contribution in [2.45, 2.75) is 19.8 Å². The van der Waals surface area contributed by atoms with E-state index in [4.69, 9.17) is 0 Å². The van der Waals surface area contributed by atoms with Gasteiger partial charge in [0.15, 0.2) is 0 Å². The van der Waals surface area contributed by atoms with Gasteiger partial charge in [-0.15, -0.1) is 0 Å². The molecule has 1 aliphatic rings. The average molecular weight is 504 g/mol. The van der Waals surface area contributed by atoms with Crippen LogP contribution in [0.3, 0.4) is 0 Å². The molecule has 0 amide bonds. The number of H-pyrrole nitrogens is 1. The Balaban J connectivity index is 1.36. The number of piperazine rings is 1. The lowest BCUT2D eigenvalue weighted by molar-refractivity contribution is 0.313. The maximum Gasteiger partial charge on any atom is 0.232 e. The van der Waals surface area contributed by atoms with Crippen molar-refractivity contribution in [3.05, 3.63) is 67.0 Å². The first kappa shape index (κ1) is 24.3. The minimum Gasteiger partial charge on any atom is -0.369 e. The molecule has 1 aliphatic heterocycles. The number of hydrogen-bond donors (Lipinski definition) is 2. The fraction of sp³-hybridized carbons (Fsp3) is 0.321. The molecule has 2 aromatic heterocycles. The highest BCUT2D eigenvalue weighted by Gasteiger charge is 2.15. The number of unbranched alkanes of at least 4 members (excludes halogenated alkanes) is 1. The molecule has 8 heteroatoms. The Labute approximate surface area is 213 Å². The van der Waals surface area contributed by atoms with Gasteiger partial charge in [-0.3, -0.25) is 4.72 Å². The van der Waals surface area contributed by atoms with E-state index in [-0.39, 0.29) is 5.75 Å². The molecule has 0 atom stereocenters. The highest BCUT2D eigenvalue weighted by Crippen LogP contribution is 2.32. The summed E-state index contributed by atoms with van der Waals surface area (Å²) in [5.41, 5.74) is 6.89. The molecule has 1 fully saturated rings. The molecule has 1 saturated heterocycles. The summed E-state index contributed by atoms with van der Waals surface area (Å²) < 4.78 is 27.1. The molecule has 0 spiro atoms. The van der Waals surface area contributed by atoms with E-state index >= 15 is 0 Å². The van der Waals surface area contributed by atoms with Crippen LogP contribution in [0.15, 0.2) is 67.0 Å². The number of nitrogens with one attached hydrogen (secondary N) is 2. The van der Waals surface area contributed by atoms with Crippen molar-refractivity contribution in [3.63, 3.8) is 0 Å². The lowest BCUT2D eigenvalue weighted by Crippen LogP contribution is -2.44. The zero-order chi connectivity index (χ0) is 25.1. The number of fused-ring (bicyclic) bond motifs is 1. The predicted octanol–water partition coefficient (Wildman–Crippen LogP) is 5.19. The maximum absolute atomic E-state index is 12.2. The number of aromatic nitrogens is 2. The second-order valence-electron chi connectivity index (χ2n) is 9.51. The Hall–Kier alpha value is -3.36. The second-order valence-corrected chi connectivity index (χ2v) is 11.4. The lowest BCUT2D eigenvalue weighted by Gasteiger charge is -2.34. The van der Waals surface area contributed by atoms with E-state index in [0.717, 1.165) is 65.9 Å². The summed E-state index contributed by atoms with van der Waals surface area (Å²) in [4.78, 5) is 12.7. The van der Waals surface area contributed by atoms with Crippen molar-refractivity contribution in [1.29, 1.82) is 0 Å². The van der Waals surface area contributed by atoms with E-state index in [1.165, 1.54) is 5.69 Å². The summed E-state index contributed by atoms with van der Waals surface area (Å²) in [6.07, 6.45) is 5.35. The molecule has 0 unspecified atom stereocenters. The standard InChI is InChI=1S/C28H33N5O2S/c1-3-4-17-36(34,35)31-24-9-5-22(6-10-24)27-20-30-28-26(27)18-23(19-29-28)21-7-11-25(12-8-21)33-15-13-32(2)14-16-33/h5-12,18-20,31H,3-4,13-17H2,1-2H3,(H,29,30). The van der Waals surface area contributed by atoms with Gasteiger partial charge in [0.2, 0.25) is 10.0 Å². The minimum atomic E-state index is -3.32. The molecular weight excluding hydrogens is 470 g/mol. The number of hydrogen-bond acceptors (Lipinski definition) is 5. The number of likely N-dealkylation sites (N-methyl/N-ethyl adjacent to an activating group) is 1. The van der Waals surface area contributed by atoms with Crippen LogP contribution in [0.2, 0.25) is 0 Å². The Morgan fingerprint density at radius 1 is 0.944 bits per heavy atom. The maximum atomic E-state index is 12.2. The Kier molecular flexibility index (Phi) is 6.98. The van der Waals surface area contributed by atoms with Gasteiger partial charge >= 0.3 is 0 Å². The molecule has 3 heterocycles. The molecular formula is C28H33N5O2S. The van der Waals surface area contributed by atoms with E-state index in [1.807, 2.05) is 43.6 Å². The first-order chi connectivity index (χ1) is 17.4. The normalized spacial score (nSPS) is 14.9. The number of pyridine rings is 1. The largest absolute Gasteiger partial charge is 0.369 e. The fourth-order valence-electron chi connectivity index (χ4n) is 4.61. The first-order valence-electron chi connectivity index (χ1n) is 12.5. The first-order valence-corrected chi connectivity index (χ1v) is 14.2. The highest BCUT2D eigenvalue weighted by atomic mass is 32.2. The lowest BCUT2D eigenvalue weighted by atomic mass is 10.0. The number of rotatable bonds is 8. The number of benzene rings is 2. The van der Waals surface area contributed by atoms with Crippen molar-refractivity contribution in [2.24, 2.45) is 0 Å². The molecule has 5 rings (SSSR count). The molecule has 188 valence electrons. The molecule has 7 nitrogen and oxygen atoms in total. The second kappa shape index (κ2) is 10.3. The summed E-state index contributed by atoms with van der Waals surface area (Å²) in [6.45, 7) is 6.26. The van der Waals surface area contributed by atoms with Gasteiger partial charge in [0.1, 0.15) is 5.65 Å². The fourth-order valence-corrected chi connectivity index (χ4v) is 5.88. The number of aromatic amines is 1. The molecule has 36 heavy (non-hydrogen) atoms. The summed E-state index contributed by atoms with van der Waals surface area (Å²) in [7, 11) is -1.15. The molecule has 0 aliphatic carbocycles. The highest BCUT2D eigenvalue weighted by molar-refractivity contribution is 7.92. The molecule has 0 radical (unpaired) electrons. The van der Waals surface area contributed by atoms with Crippen LogP contribution in [0.1, 0.15) is 19.8 Å². The topological polar surface area (TPSA) is 81.3 Å². The third-order valence-corrected chi connectivity index (χ3v) is 8.21. The van der Waals surface area contributed by atoms with E-state index in [2.05, 4.69) is 61.9 Å². The Morgan fingerprint density at radius 2 is 1.64 bits per heavy atom. The SMILES string of the molecule is CCCCS(=O)(=O)Nc1ccc(-c2c[nH]c3ncc(-c4ccc(N5CCN(C)CC5)cc4)cc23)cc1. The smallest absolute Gasteiger partial charge is 0.232 e. The van der Waals surface area contributed by atoms with Crippen LogP contribution in [-0.2, 0) is 10.0 Å². The molecule has 2 aromatic carbocycles. The van der Waals surface area contributed by atoms with Gasteiger partial charge in [-0.1, -0.05) is 37.6 Å². The van der Waals surface area contributed by atoms with Crippen molar-refractivity contribution >= 4 is 32.4 Å². The number of anilines is 2. The molecule has 0 bridgehead atoms. The van der Waals surface area contributed by atoms with Gasteiger partial charge in [-0.25, -0.2) is 13.4 Å². The predicted molar refractivity (Wildman–Crippen MR) is 149 cm³/mol. The van der Waals surface area contributed by atoms with Crippen LogP contribution in [0, 0.1) is 0 Å². The van der Waals surface area contributed by atoms with Crippen LogP contribution in [0.5, 0.6) is 0 Å². The zero-order valence-electron chi connectivity index (χ0n) is 20.9. The quantitative estimate of drug-likeness (QED) is 0.346. The van der Waals surface area contributed by atoms with Crippen LogP contribution < -0.4 is 9.62 Å². The van der Waals surface area contributed by atoms with E-state index in [9.17, 15) is 8.42 Å². The van der Waals surface area contributed by atoms with Crippen molar-refractivity contribution in [3.8, 4) is 22.3 Å². The molecule has 4 aromatic rings. The third-order valence-electron chi connectivity index (χ3n) is 6.84. The van der Waals surface area contributed by atoms with Gasteiger partial charge in [0.05, 0.1) is 5.75 Å². The van der Waals surface area contributed by atoms with E-state index in [0.29, 0.717) is 12.1 Å². The van der Waals surface area contributed by atoms with Gasteiger partial charge in [-0.2, -0.15) is 0 Å². The monoisotopic (exact) mass is 503 g/mol.